The van der Waals surface area contributed by atoms with Gasteiger partial charge >= 0.3 is 5.97 Å². The molecule has 0 aliphatic heterocycles. The number of amides is 1. The third kappa shape index (κ3) is 4.61. The van der Waals surface area contributed by atoms with Crippen LogP contribution in [0.5, 0.6) is 0 Å². The van der Waals surface area contributed by atoms with Crippen LogP contribution >= 0.6 is 23.1 Å². The summed E-state index contributed by atoms with van der Waals surface area (Å²) in [6.45, 7) is 5.45. The van der Waals surface area contributed by atoms with Crippen molar-refractivity contribution in [1.82, 2.24) is 10.2 Å². The van der Waals surface area contributed by atoms with E-state index in [1.807, 2.05) is 20.8 Å². The van der Waals surface area contributed by atoms with Gasteiger partial charge in [0.15, 0.2) is 4.34 Å². The van der Waals surface area contributed by atoms with Gasteiger partial charge in [0.05, 0.1) is 12.9 Å². The average Bonchev–Trinajstić information content (AvgIpc) is 2.72. The van der Waals surface area contributed by atoms with Crippen molar-refractivity contribution in [2.75, 3.05) is 18.2 Å². The highest BCUT2D eigenvalue weighted by Crippen LogP contribution is 2.26. The van der Waals surface area contributed by atoms with E-state index in [2.05, 4.69) is 20.3 Å². The lowest BCUT2D eigenvalue weighted by molar-refractivity contribution is -0.137. The van der Waals surface area contributed by atoms with Gasteiger partial charge in [0, 0.05) is 5.41 Å². The van der Waals surface area contributed by atoms with Crippen LogP contribution in [0.25, 0.3) is 0 Å². The molecule has 0 saturated heterocycles. The van der Waals surface area contributed by atoms with Gasteiger partial charge in [0.25, 0.3) is 0 Å². The number of ether oxygens (including phenoxy) is 1. The lowest BCUT2D eigenvalue weighted by atomic mass is 9.96. The molecule has 18 heavy (non-hydrogen) atoms. The number of hydrogen-bond acceptors (Lipinski definition) is 7. The van der Waals surface area contributed by atoms with Crippen molar-refractivity contribution in [3.05, 3.63) is 0 Å². The van der Waals surface area contributed by atoms with E-state index in [1.54, 1.807) is 0 Å². The smallest absolute Gasteiger partial charge is 0.316 e. The normalized spacial score (nSPS) is 11.1. The molecule has 1 aromatic rings. The molecule has 0 aliphatic rings. The molecule has 1 amide bonds. The fraction of sp³-hybridized carbons (Fsp3) is 0.600. The first-order valence-corrected chi connectivity index (χ1v) is 6.97. The summed E-state index contributed by atoms with van der Waals surface area (Å²) in [4.78, 5) is 22.6. The molecule has 1 aromatic heterocycles. The van der Waals surface area contributed by atoms with E-state index in [0.717, 1.165) is 0 Å². The minimum atomic E-state index is -0.481. The Morgan fingerprint density at radius 1 is 1.39 bits per heavy atom. The Kier molecular flexibility index (Phi) is 5.09. The van der Waals surface area contributed by atoms with Crippen LogP contribution in [0, 0.1) is 5.41 Å². The van der Waals surface area contributed by atoms with Crippen molar-refractivity contribution in [3.8, 4) is 0 Å². The molecule has 0 bridgehead atoms. The molecule has 8 heteroatoms. The van der Waals surface area contributed by atoms with Crippen LogP contribution in [0.4, 0.5) is 5.13 Å². The maximum Gasteiger partial charge on any atom is 0.316 e. The number of aromatic nitrogens is 2. The summed E-state index contributed by atoms with van der Waals surface area (Å²) < 4.78 is 5.13. The molecule has 1 rings (SSSR count). The minimum absolute atomic E-state index is 0.122. The van der Waals surface area contributed by atoms with Gasteiger partial charge in [0.1, 0.15) is 0 Å². The molecule has 0 saturated carbocycles. The van der Waals surface area contributed by atoms with Gasteiger partial charge in [-0.15, -0.1) is 10.2 Å². The molecule has 0 fully saturated rings. The number of rotatable bonds is 4. The number of esters is 1. The Morgan fingerprint density at radius 3 is 2.61 bits per heavy atom. The quantitative estimate of drug-likeness (QED) is 0.517. The van der Waals surface area contributed by atoms with Crippen LogP contribution in [-0.4, -0.2) is 34.9 Å². The van der Waals surface area contributed by atoms with E-state index in [4.69, 9.17) is 0 Å². The predicted octanol–water partition coefficient (Wildman–Crippen LogP) is 1.79. The van der Waals surface area contributed by atoms with E-state index >= 15 is 0 Å². The van der Waals surface area contributed by atoms with E-state index in [9.17, 15) is 9.59 Å². The molecular formula is C10H15N3O3S2. The highest BCUT2D eigenvalue weighted by Gasteiger charge is 2.22. The third-order valence-electron chi connectivity index (χ3n) is 1.85. The van der Waals surface area contributed by atoms with Crippen LogP contribution in [0.2, 0.25) is 0 Å². The number of anilines is 1. The van der Waals surface area contributed by atoms with Gasteiger partial charge in [-0.2, -0.15) is 0 Å². The van der Waals surface area contributed by atoms with E-state index < -0.39 is 5.41 Å². The van der Waals surface area contributed by atoms with E-state index in [-0.39, 0.29) is 17.6 Å². The molecular weight excluding hydrogens is 274 g/mol. The van der Waals surface area contributed by atoms with Crippen molar-refractivity contribution >= 4 is 40.1 Å². The third-order valence-corrected chi connectivity index (χ3v) is 3.79. The summed E-state index contributed by atoms with van der Waals surface area (Å²) in [7, 11) is 1.33. The van der Waals surface area contributed by atoms with Crippen LogP contribution in [0.3, 0.4) is 0 Å². The second-order valence-electron chi connectivity index (χ2n) is 4.44. The van der Waals surface area contributed by atoms with Crippen molar-refractivity contribution in [2.24, 2.45) is 5.41 Å². The van der Waals surface area contributed by atoms with Crippen LogP contribution in [-0.2, 0) is 14.3 Å². The van der Waals surface area contributed by atoms with Gasteiger partial charge < -0.3 is 10.1 Å². The van der Waals surface area contributed by atoms with Gasteiger partial charge in [-0.3, -0.25) is 9.59 Å². The first-order valence-electron chi connectivity index (χ1n) is 5.17. The second kappa shape index (κ2) is 6.14. The van der Waals surface area contributed by atoms with Crippen molar-refractivity contribution < 1.29 is 14.3 Å². The van der Waals surface area contributed by atoms with Crippen molar-refractivity contribution in [2.45, 2.75) is 25.1 Å². The zero-order chi connectivity index (χ0) is 13.8. The van der Waals surface area contributed by atoms with E-state index in [0.29, 0.717) is 9.47 Å². The SMILES string of the molecule is COC(=O)CSc1nnc(NC(=O)C(C)(C)C)s1. The fourth-order valence-corrected chi connectivity index (χ4v) is 2.36. The van der Waals surface area contributed by atoms with Crippen molar-refractivity contribution in [3.63, 3.8) is 0 Å². The first kappa shape index (κ1) is 14.9. The molecule has 0 spiro atoms. The zero-order valence-corrected chi connectivity index (χ0v) is 12.3. The molecule has 0 radical (unpaired) electrons. The largest absolute Gasteiger partial charge is 0.468 e. The molecule has 1 N–H and O–H groups in total. The average molecular weight is 289 g/mol. The molecule has 0 aliphatic carbocycles. The molecule has 0 atom stereocenters. The summed E-state index contributed by atoms with van der Waals surface area (Å²) in [6.07, 6.45) is 0. The number of nitrogens with zero attached hydrogens (tertiary/aromatic N) is 2. The lowest BCUT2D eigenvalue weighted by Crippen LogP contribution is -2.27. The maximum atomic E-state index is 11.7. The number of carbonyl (C=O) groups excluding carboxylic acids is 2. The topological polar surface area (TPSA) is 81.2 Å². The number of carbonyl (C=O) groups is 2. The fourth-order valence-electron chi connectivity index (χ4n) is 0.783. The van der Waals surface area contributed by atoms with Gasteiger partial charge in [-0.25, -0.2) is 0 Å². The standard InChI is InChI=1S/C10H15N3O3S2/c1-10(2,3)7(15)11-8-12-13-9(18-8)17-5-6(14)16-4/h5H2,1-4H3,(H,11,12,15). The predicted molar refractivity (Wildman–Crippen MR) is 70.7 cm³/mol. The molecule has 0 aromatic carbocycles. The number of methoxy groups -OCH3 is 1. The monoisotopic (exact) mass is 289 g/mol. The van der Waals surface area contributed by atoms with E-state index in [1.165, 1.54) is 30.2 Å². The van der Waals surface area contributed by atoms with Crippen LogP contribution < -0.4 is 5.32 Å². The van der Waals surface area contributed by atoms with Crippen LogP contribution in [0.1, 0.15) is 20.8 Å². The first-order chi connectivity index (χ1) is 8.32. The molecule has 100 valence electrons. The van der Waals surface area contributed by atoms with Gasteiger partial charge in [-0.1, -0.05) is 43.9 Å². The molecule has 1 heterocycles. The minimum Gasteiger partial charge on any atom is -0.468 e. The highest BCUT2D eigenvalue weighted by atomic mass is 32.2. The number of thioether (sulfide) groups is 1. The summed E-state index contributed by atoms with van der Waals surface area (Å²) in [5.41, 5.74) is -0.481. The Hall–Kier alpha value is -1.15. The molecule has 0 unspecified atom stereocenters. The Labute approximate surface area is 114 Å². The maximum absolute atomic E-state index is 11.7. The highest BCUT2D eigenvalue weighted by molar-refractivity contribution is 8.01. The Morgan fingerprint density at radius 2 is 2.06 bits per heavy atom. The summed E-state index contributed by atoms with van der Waals surface area (Å²) in [6, 6.07) is 0. The van der Waals surface area contributed by atoms with Crippen LogP contribution in [0.15, 0.2) is 4.34 Å². The summed E-state index contributed by atoms with van der Waals surface area (Å²) >= 11 is 2.46. The Bertz CT molecular complexity index is 440. The Balaban J connectivity index is 2.53. The number of hydrogen-bond donors (Lipinski definition) is 1. The van der Waals surface area contributed by atoms with Gasteiger partial charge in [0.2, 0.25) is 11.0 Å². The van der Waals surface area contributed by atoms with Crippen molar-refractivity contribution in [1.29, 1.82) is 0 Å². The summed E-state index contributed by atoms with van der Waals surface area (Å²) in [5, 5.41) is 10.8. The summed E-state index contributed by atoms with van der Waals surface area (Å²) in [5.74, 6) is -0.267. The second-order valence-corrected chi connectivity index (χ2v) is 6.64. The zero-order valence-electron chi connectivity index (χ0n) is 10.6. The molecule has 6 nitrogen and oxygen atoms in total. The van der Waals surface area contributed by atoms with Gasteiger partial charge in [-0.05, 0) is 0 Å². The lowest BCUT2D eigenvalue weighted by Gasteiger charge is -2.15. The number of nitrogens with one attached hydrogen (secondary N) is 1.